The van der Waals surface area contributed by atoms with E-state index >= 15 is 0 Å². The van der Waals surface area contributed by atoms with Gasteiger partial charge in [0.2, 0.25) is 5.89 Å². The lowest BCUT2D eigenvalue weighted by Gasteiger charge is -2.05. The predicted octanol–water partition coefficient (Wildman–Crippen LogP) is 3.81. The van der Waals surface area contributed by atoms with Crippen molar-refractivity contribution in [3.63, 3.8) is 0 Å². The molecule has 4 nitrogen and oxygen atoms in total. The van der Waals surface area contributed by atoms with Gasteiger partial charge < -0.3 is 9.84 Å². The molecule has 5 heteroatoms. The first-order valence-electron chi connectivity index (χ1n) is 7.55. The monoisotopic (exact) mass is 305 g/mol. The van der Waals surface area contributed by atoms with Gasteiger partial charge in [0.05, 0.1) is 5.75 Å². The molecule has 21 heavy (non-hydrogen) atoms. The van der Waals surface area contributed by atoms with Crippen molar-refractivity contribution in [3.05, 3.63) is 41.5 Å². The molecule has 2 rings (SSSR count). The van der Waals surface area contributed by atoms with E-state index in [2.05, 4.69) is 53.6 Å². The Morgan fingerprint density at radius 3 is 2.95 bits per heavy atom. The molecule has 0 radical (unpaired) electrons. The number of benzene rings is 1. The second kappa shape index (κ2) is 8.85. The highest BCUT2D eigenvalue weighted by Gasteiger charge is 2.06. The van der Waals surface area contributed by atoms with E-state index in [1.54, 1.807) is 11.8 Å². The van der Waals surface area contributed by atoms with Crippen LogP contribution in [-0.2, 0) is 18.7 Å². The molecule has 0 fully saturated rings. The van der Waals surface area contributed by atoms with Gasteiger partial charge in [-0.15, -0.1) is 11.8 Å². The van der Waals surface area contributed by atoms with Crippen LogP contribution >= 0.6 is 11.8 Å². The van der Waals surface area contributed by atoms with Gasteiger partial charge in [-0.05, 0) is 37.1 Å². The molecule has 1 aromatic heterocycles. The maximum atomic E-state index is 5.20. The van der Waals surface area contributed by atoms with Crippen molar-refractivity contribution in [2.45, 2.75) is 50.3 Å². The number of thioether (sulfide) groups is 1. The van der Waals surface area contributed by atoms with Crippen LogP contribution in [0.4, 0.5) is 0 Å². The molecular formula is C16H23N3OS. The zero-order chi connectivity index (χ0) is 14.9. The molecule has 0 spiro atoms. The Labute approximate surface area is 130 Å². The Balaban J connectivity index is 1.85. The fourth-order valence-electron chi connectivity index (χ4n) is 1.97. The highest BCUT2D eigenvalue weighted by molar-refractivity contribution is 7.98. The molecule has 1 heterocycles. The van der Waals surface area contributed by atoms with Crippen LogP contribution in [-0.4, -0.2) is 16.7 Å². The molecular weight excluding hydrogens is 282 g/mol. The number of nitrogens with zero attached hydrogens (tertiary/aromatic N) is 2. The van der Waals surface area contributed by atoms with Gasteiger partial charge in [-0.1, -0.05) is 31.1 Å². The van der Waals surface area contributed by atoms with Crippen molar-refractivity contribution in [2.24, 2.45) is 0 Å². The topological polar surface area (TPSA) is 51.0 Å². The fraction of sp³-hybridized carbons (Fsp3) is 0.500. The van der Waals surface area contributed by atoms with Crippen LogP contribution < -0.4 is 5.32 Å². The Morgan fingerprint density at radius 1 is 1.24 bits per heavy atom. The van der Waals surface area contributed by atoms with Gasteiger partial charge in [0, 0.05) is 17.9 Å². The van der Waals surface area contributed by atoms with Crippen molar-refractivity contribution in [1.29, 1.82) is 0 Å². The van der Waals surface area contributed by atoms with Crippen molar-refractivity contribution in [3.8, 4) is 0 Å². The first kappa shape index (κ1) is 16.0. The van der Waals surface area contributed by atoms with Crippen molar-refractivity contribution < 1.29 is 4.52 Å². The van der Waals surface area contributed by atoms with Crippen molar-refractivity contribution in [2.75, 3.05) is 6.54 Å². The van der Waals surface area contributed by atoms with E-state index in [-0.39, 0.29) is 0 Å². The van der Waals surface area contributed by atoms with Crippen LogP contribution in [0.1, 0.15) is 44.0 Å². The van der Waals surface area contributed by atoms with Gasteiger partial charge in [0.1, 0.15) is 0 Å². The third kappa shape index (κ3) is 5.52. The van der Waals surface area contributed by atoms with E-state index in [1.807, 2.05) is 0 Å². The van der Waals surface area contributed by atoms with E-state index in [0.29, 0.717) is 0 Å². The normalized spacial score (nSPS) is 11.0. The second-order valence-corrected chi connectivity index (χ2v) is 6.02. The molecule has 0 bridgehead atoms. The third-order valence-electron chi connectivity index (χ3n) is 3.00. The van der Waals surface area contributed by atoms with Crippen molar-refractivity contribution >= 4 is 11.8 Å². The van der Waals surface area contributed by atoms with Gasteiger partial charge >= 0.3 is 0 Å². The van der Waals surface area contributed by atoms with Crippen LogP contribution in [0.25, 0.3) is 0 Å². The van der Waals surface area contributed by atoms with E-state index in [0.717, 1.165) is 49.8 Å². The summed E-state index contributed by atoms with van der Waals surface area (Å²) in [5.41, 5.74) is 1.31. The molecule has 1 N–H and O–H groups in total. The Hall–Kier alpha value is -1.33. The average Bonchev–Trinajstić information content (AvgIpc) is 2.94. The van der Waals surface area contributed by atoms with Gasteiger partial charge in [0.15, 0.2) is 5.82 Å². The first-order chi connectivity index (χ1) is 10.3. The lowest BCUT2D eigenvalue weighted by Crippen LogP contribution is -2.13. The van der Waals surface area contributed by atoms with E-state index in [9.17, 15) is 0 Å². The third-order valence-corrected chi connectivity index (χ3v) is 3.99. The summed E-state index contributed by atoms with van der Waals surface area (Å²) < 4.78 is 5.20. The SMILES string of the molecule is CCCNCc1cccc(SCc2noc(CCC)n2)c1. The highest BCUT2D eigenvalue weighted by Crippen LogP contribution is 2.22. The largest absolute Gasteiger partial charge is 0.339 e. The second-order valence-electron chi connectivity index (χ2n) is 4.97. The van der Waals surface area contributed by atoms with Crippen LogP contribution in [0.15, 0.2) is 33.7 Å². The molecule has 2 aromatic rings. The lowest BCUT2D eigenvalue weighted by molar-refractivity contribution is 0.373. The zero-order valence-electron chi connectivity index (χ0n) is 12.8. The minimum Gasteiger partial charge on any atom is -0.339 e. The highest BCUT2D eigenvalue weighted by atomic mass is 32.2. The number of nitrogens with one attached hydrogen (secondary N) is 1. The summed E-state index contributed by atoms with van der Waals surface area (Å²) in [7, 11) is 0. The van der Waals surface area contributed by atoms with E-state index in [1.165, 1.54) is 10.5 Å². The van der Waals surface area contributed by atoms with Gasteiger partial charge in [-0.25, -0.2) is 0 Å². The molecule has 0 amide bonds. The molecule has 0 atom stereocenters. The predicted molar refractivity (Wildman–Crippen MR) is 86.3 cm³/mol. The number of rotatable bonds is 9. The fourth-order valence-corrected chi connectivity index (χ4v) is 2.79. The quantitative estimate of drug-likeness (QED) is 0.564. The molecule has 0 saturated heterocycles. The number of hydrogen-bond acceptors (Lipinski definition) is 5. The van der Waals surface area contributed by atoms with Crippen molar-refractivity contribution in [1.82, 2.24) is 15.5 Å². The molecule has 1 aromatic carbocycles. The molecule has 0 aliphatic heterocycles. The van der Waals surface area contributed by atoms with E-state index in [4.69, 9.17) is 4.52 Å². The molecule has 0 saturated carbocycles. The smallest absolute Gasteiger partial charge is 0.226 e. The zero-order valence-corrected chi connectivity index (χ0v) is 13.6. The molecule has 0 aliphatic rings. The van der Waals surface area contributed by atoms with Crippen LogP contribution in [0.2, 0.25) is 0 Å². The summed E-state index contributed by atoms with van der Waals surface area (Å²) in [6, 6.07) is 8.60. The van der Waals surface area contributed by atoms with Gasteiger partial charge in [0.25, 0.3) is 0 Å². The number of aromatic nitrogens is 2. The number of hydrogen-bond donors (Lipinski definition) is 1. The summed E-state index contributed by atoms with van der Waals surface area (Å²) in [6.07, 6.45) is 3.05. The van der Waals surface area contributed by atoms with Gasteiger partial charge in [-0.2, -0.15) is 4.98 Å². The average molecular weight is 305 g/mol. The number of aryl methyl sites for hydroxylation is 1. The summed E-state index contributed by atoms with van der Waals surface area (Å²) >= 11 is 1.75. The molecule has 0 unspecified atom stereocenters. The minimum atomic E-state index is 0.741. The Kier molecular flexibility index (Phi) is 6.76. The van der Waals surface area contributed by atoms with Crippen LogP contribution in [0.5, 0.6) is 0 Å². The summed E-state index contributed by atoms with van der Waals surface area (Å²) in [4.78, 5) is 5.63. The van der Waals surface area contributed by atoms with E-state index < -0.39 is 0 Å². The first-order valence-corrected chi connectivity index (χ1v) is 8.54. The standard InChI is InChI=1S/C16H23N3OS/c1-3-6-16-18-15(19-20-16)12-21-14-8-5-7-13(10-14)11-17-9-4-2/h5,7-8,10,17H,3-4,6,9,11-12H2,1-2H3. The Bertz CT molecular complexity index is 542. The Morgan fingerprint density at radius 2 is 2.14 bits per heavy atom. The van der Waals surface area contributed by atoms with Crippen LogP contribution in [0, 0.1) is 0 Å². The van der Waals surface area contributed by atoms with Gasteiger partial charge in [-0.3, -0.25) is 0 Å². The van der Waals surface area contributed by atoms with Crippen LogP contribution in [0.3, 0.4) is 0 Å². The summed E-state index contributed by atoms with van der Waals surface area (Å²) in [5.74, 6) is 2.27. The maximum Gasteiger partial charge on any atom is 0.226 e. The maximum absolute atomic E-state index is 5.20. The summed E-state index contributed by atoms with van der Waals surface area (Å²) in [6.45, 7) is 6.26. The minimum absolute atomic E-state index is 0.741. The lowest BCUT2D eigenvalue weighted by atomic mass is 10.2. The molecule has 114 valence electrons. The molecule has 0 aliphatic carbocycles. The summed E-state index contributed by atoms with van der Waals surface area (Å²) in [5, 5.41) is 7.43.